The van der Waals surface area contributed by atoms with E-state index in [-0.39, 0.29) is 11.4 Å². The van der Waals surface area contributed by atoms with Gasteiger partial charge in [-0.05, 0) is 26.3 Å². The summed E-state index contributed by atoms with van der Waals surface area (Å²) in [6, 6.07) is 1.92. The zero-order valence-electron chi connectivity index (χ0n) is 11.6. The van der Waals surface area contributed by atoms with E-state index < -0.39 is 10.8 Å². The van der Waals surface area contributed by atoms with Gasteiger partial charge in [0.15, 0.2) is 5.65 Å². The highest BCUT2D eigenvalue weighted by atomic mass is 35.5. The van der Waals surface area contributed by atoms with E-state index in [1.165, 1.54) is 0 Å². The number of rotatable bonds is 5. The summed E-state index contributed by atoms with van der Waals surface area (Å²) in [5.74, 6) is 1.41. The largest absolute Gasteiger partial charge is 0.309 e. The van der Waals surface area contributed by atoms with Crippen molar-refractivity contribution in [2.75, 3.05) is 12.0 Å². The van der Waals surface area contributed by atoms with Crippen molar-refractivity contribution in [2.24, 2.45) is 0 Å². The van der Waals surface area contributed by atoms with Gasteiger partial charge < -0.3 is 4.57 Å². The Hall–Kier alpha value is -0.650. The first-order chi connectivity index (χ1) is 9.40. The number of alkyl halides is 1. The van der Waals surface area contributed by atoms with Crippen molar-refractivity contribution in [3.63, 3.8) is 0 Å². The lowest BCUT2D eigenvalue weighted by Crippen LogP contribution is -2.13. The zero-order valence-corrected chi connectivity index (χ0v) is 14.0. The minimum Gasteiger partial charge on any atom is -0.309 e. The molecule has 2 rings (SSSR count). The quantitative estimate of drug-likeness (QED) is 0.783. The van der Waals surface area contributed by atoms with Gasteiger partial charge in [0, 0.05) is 35.0 Å². The summed E-state index contributed by atoms with van der Waals surface area (Å²) in [6.07, 6.45) is 4.10. The second-order valence-electron chi connectivity index (χ2n) is 4.87. The lowest BCUT2D eigenvalue weighted by atomic mass is 10.2. The molecule has 0 fully saturated rings. The summed E-state index contributed by atoms with van der Waals surface area (Å²) in [5, 5.41) is 0.329. The predicted octanol–water partition coefficient (Wildman–Crippen LogP) is 3.71. The fourth-order valence-electron chi connectivity index (χ4n) is 2.16. The van der Waals surface area contributed by atoms with E-state index in [9.17, 15) is 4.21 Å². The van der Waals surface area contributed by atoms with Gasteiger partial charge in [0.2, 0.25) is 0 Å². The molecule has 0 amide bonds. The Balaban J connectivity index is 2.48. The molecule has 0 saturated heterocycles. The van der Waals surface area contributed by atoms with Gasteiger partial charge in [-0.25, -0.2) is 9.97 Å². The molecule has 0 aliphatic carbocycles. The van der Waals surface area contributed by atoms with Crippen LogP contribution in [0.25, 0.3) is 11.2 Å². The van der Waals surface area contributed by atoms with Gasteiger partial charge in [0.25, 0.3) is 0 Å². The van der Waals surface area contributed by atoms with Gasteiger partial charge in [-0.2, -0.15) is 0 Å². The minimum absolute atomic E-state index is 0.133. The maximum absolute atomic E-state index is 11.3. The van der Waals surface area contributed by atoms with Crippen molar-refractivity contribution in [2.45, 2.75) is 31.7 Å². The number of pyridine rings is 1. The smallest absolute Gasteiger partial charge is 0.160 e. The van der Waals surface area contributed by atoms with Crippen molar-refractivity contribution in [3.8, 4) is 0 Å². The molecule has 0 saturated carbocycles. The van der Waals surface area contributed by atoms with Crippen molar-refractivity contribution in [1.29, 1.82) is 0 Å². The standard InChI is InChI=1S/C13H17Cl2N3OS/c1-8(4-5-20(3)19)18-12(9(2)14)17-11-6-10(15)7-16-13(11)18/h6-9H,4-5H2,1-3H3. The predicted molar refractivity (Wildman–Crippen MR) is 85.1 cm³/mol. The third-order valence-electron chi connectivity index (χ3n) is 3.14. The highest BCUT2D eigenvalue weighted by molar-refractivity contribution is 7.84. The molecule has 0 aliphatic heterocycles. The maximum atomic E-state index is 11.3. The van der Waals surface area contributed by atoms with E-state index in [0.29, 0.717) is 10.8 Å². The molecule has 3 unspecified atom stereocenters. The Morgan fingerprint density at radius 2 is 2.15 bits per heavy atom. The molecule has 3 atom stereocenters. The molecule has 0 bridgehead atoms. The van der Waals surface area contributed by atoms with E-state index in [1.54, 1.807) is 18.5 Å². The number of halogens is 2. The lowest BCUT2D eigenvalue weighted by Gasteiger charge is -2.17. The fourth-order valence-corrected chi connectivity index (χ4v) is 3.13. The van der Waals surface area contributed by atoms with Gasteiger partial charge in [0.1, 0.15) is 11.3 Å². The average molecular weight is 334 g/mol. The molecule has 4 nitrogen and oxygen atoms in total. The molecule has 2 aromatic heterocycles. The highest BCUT2D eigenvalue weighted by Crippen LogP contribution is 2.29. The molecule has 7 heteroatoms. The molecule has 0 spiro atoms. The lowest BCUT2D eigenvalue weighted by molar-refractivity contribution is 0.520. The third-order valence-corrected chi connectivity index (χ3v) is 4.36. The number of hydrogen-bond donors (Lipinski definition) is 0. The van der Waals surface area contributed by atoms with E-state index >= 15 is 0 Å². The Bertz CT molecular complexity index is 642. The van der Waals surface area contributed by atoms with E-state index in [1.807, 2.05) is 11.5 Å². The van der Waals surface area contributed by atoms with Crippen LogP contribution in [-0.2, 0) is 10.8 Å². The first kappa shape index (κ1) is 15.7. The first-order valence-electron chi connectivity index (χ1n) is 6.37. The van der Waals surface area contributed by atoms with E-state index in [4.69, 9.17) is 23.2 Å². The van der Waals surface area contributed by atoms with Gasteiger partial charge in [-0.15, -0.1) is 11.6 Å². The normalized spacial score (nSPS) is 16.2. The highest BCUT2D eigenvalue weighted by Gasteiger charge is 2.20. The molecule has 110 valence electrons. The van der Waals surface area contributed by atoms with Crippen LogP contribution in [0.4, 0.5) is 0 Å². The number of fused-ring (bicyclic) bond motifs is 1. The molecular weight excluding hydrogens is 317 g/mol. The fraction of sp³-hybridized carbons (Fsp3) is 0.538. The third kappa shape index (κ3) is 3.32. The monoisotopic (exact) mass is 333 g/mol. The summed E-state index contributed by atoms with van der Waals surface area (Å²) in [7, 11) is -0.811. The van der Waals surface area contributed by atoms with E-state index in [2.05, 4.69) is 16.9 Å². The molecule has 0 aliphatic rings. The Kier molecular flexibility index (Phi) is 5.04. The molecule has 0 aromatic carbocycles. The van der Waals surface area contributed by atoms with Crippen LogP contribution in [0.2, 0.25) is 5.02 Å². The van der Waals surface area contributed by atoms with Crippen LogP contribution < -0.4 is 0 Å². The Morgan fingerprint density at radius 1 is 1.45 bits per heavy atom. The van der Waals surface area contributed by atoms with Crippen molar-refractivity contribution >= 4 is 45.2 Å². The van der Waals surface area contributed by atoms with Crippen LogP contribution in [0.1, 0.15) is 37.5 Å². The van der Waals surface area contributed by atoms with Crippen LogP contribution in [0.15, 0.2) is 12.3 Å². The van der Waals surface area contributed by atoms with Crippen LogP contribution in [0.5, 0.6) is 0 Å². The number of nitrogens with zero attached hydrogens (tertiary/aromatic N) is 3. The maximum Gasteiger partial charge on any atom is 0.160 e. The summed E-state index contributed by atoms with van der Waals surface area (Å²) in [4.78, 5) is 8.90. The second kappa shape index (κ2) is 6.41. The van der Waals surface area contributed by atoms with Crippen molar-refractivity contribution in [1.82, 2.24) is 14.5 Å². The van der Waals surface area contributed by atoms with E-state index in [0.717, 1.165) is 23.4 Å². The van der Waals surface area contributed by atoms with Crippen LogP contribution in [0, 0.1) is 0 Å². The molecule has 20 heavy (non-hydrogen) atoms. The Labute approximate surface area is 131 Å². The van der Waals surface area contributed by atoms with Crippen LogP contribution >= 0.6 is 23.2 Å². The minimum atomic E-state index is -0.811. The second-order valence-corrected chi connectivity index (χ2v) is 7.51. The molecular formula is C13H17Cl2N3OS. The Morgan fingerprint density at radius 3 is 2.75 bits per heavy atom. The topological polar surface area (TPSA) is 47.8 Å². The number of imidazole rings is 1. The van der Waals surface area contributed by atoms with Gasteiger partial charge in [-0.3, -0.25) is 4.21 Å². The molecule has 2 heterocycles. The van der Waals surface area contributed by atoms with Crippen molar-refractivity contribution < 1.29 is 4.21 Å². The summed E-state index contributed by atoms with van der Waals surface area (Å²) in [6.45, 7) is 3.94. The molecule has 0 radical (unpaired) electrons. The van der Waals surface area contributed by atoms with Crippen LogP contribution in [-0.4, -0.2) is 30.8 Å². The summed E-state index contributed by atoms with van der Waals surface area (Å²) in [5.41, 5.74) is 1.51. The summed E-state index contributed by atoms with van der Waals surface area (Å²) >= 11 is 12.2. The number of hydrogen-bond acceptors (Lipinski definition) is 3. The molecule has 0 N–H and O–H groups in total. The van der Waals surface area contributed by atoms with Gasteiger partial charge in [-0.1, -0.05) is 11.6 Å². The average Bonchev–Trinajstić information content (AvgIpc) is 2.74. The first-order valence-corrected chi connectivity index (χ1v) is 8.91. The van der Waals surface area contributed by atoms with Crippen LogP contribution in [0.3, 0.4) is 0 Å². The summed E-state index contributed by atoms with van der Waals surface area (Å²) < 4.78 is 13.3. The van der Waals surface area contributed by atoms with Gasteiger partial charge >= 0.3 is 0 Å². The number of aromatic nitrogens is 3. The zero-order chi connectivity index (χ0) is 14.9. The molecule has 2 aromatic rings. The van der Waals surface area contributed by atoms with Crippen molar-refractivity contribution in [3.05, 3.63) is 23.1 Å². The SMILES string of the molecule is CC(Cl)c1nc2cc(Cl)cnc2n1C(C)CCS(C)=O. The van der Waals surface area contributed by atoms with Gasteiger partial charge in [0.05, 0.1) is 10.4 Å².